The van der Waals surface area contributed by atoms with Crippen LogP contribution in [0.3, 0.4) is 0 Å². The number of ether oxygens (including phenoxy) is 1. The second-order valence-electron chi connectivity index (χ2n) is 3.26. The van der Waals surface area contributed by atoms with Gasteiger partial charge in [-0.15, -0.1) is 0 Å². The van der Waals surface area contributed by atoms with Crippen LogP contribution in [-0.2, 0) is 0 Å². The molecule has 0 bridgehead atoms. The van der Waals surface area contributed by atoms with Crippen LogP contribution in [0.15, 0.2) is 33.9 Å². The molecular weight excluding hydrogens is 226 g/mol. The molecule has 3 N–H and O–H groups in total. The highest BCUT2D eigenvalue weighted by Gasteiger charge is 2.05. The quantitative estimate of drug-likeness (QED) is 0.649. The van der Waals surface area contributed by atoms with E-state index in [0.717, 1.165) is 4.57 Å². The molecule has 0 saturated heterocycles. The Balaban J connectivity index is 2.30. The zero-order valence-corrected chi connectivity index (χ0v) is 8.84. The minimum atomic E-state index is -0.529. The number of aromatic nitrogens is 3. The number of nitrogens with zero attached hydrogens (tertiary/aromatic N) is 1. The third-order valence-corrected chi connectivity index (χ3v) is 2.14. The average Bonchev–Trinajstić information content (AvgIpc) is 2.67. The van der Waals surface area contributed by atoms with Gasteiger partial charge in [0.2, 0.25) is 0 Å². The van der Waals surface area contributed by atoms with Crippen LogP contribution in [0.2, 0.25) is 0 Å². The molecule has 1 aromatic carbocycles. The fraction of sp³-hybridized carbons (Fsp3) is 0.200. The van der Waals surface area contributed by atoms with E-state index in [2.05, 4.69) is 10.2 Å². The van der Waals surface area contributed by atoms with Crippen LogP contribution in [-0.4, -0.2) is 33.1 Å². The lowest BCUT2D eigenvalue weighted by Gasteiger charge is -2.04. The van der Waals surface area contributed by atoms with Gasteiger partial charge in [0, 0.05) is 0 Å². The summed E-state index contributed by atoms with van der Waals surface area (Å²) in [5.41, 5.74) is -0.619. The van der Waals surface area contributed by atoms with E-state index in [-0.39, 0.29) is 13.2 Å². The van der Waals surface area contributed by atoms with E-state index in [1.54, 1.807) is 24.3 Å². The maximum Gasteiger partial charge on any atom is 0.348 e. The number of aliphatic hydroxyl groups is 1. The minimum absolute atomic E-state index is 0.0707. The number of benzene rings is 1. The number of hydrogen-bond donors (Lipinski definition) is 3. The zero-order valence-electron chi connectivity index (χ0n) is 8.84. The van der Waals surface area contributed by atoms with Crippen molar-refractivity contribution in [2.24, 2.45) is 0 Å². The number of aromatic amines is 2. The Labute approximate surface area is 95.3 Å². The molecule has 0 saturated carbocycles. The highest BCUT2D eigenvalue weighted by molar-refractivity contribution is 5.36. The largest absolute Gasteiger partial charge is 0.491 e. The maximum absolute atomic E-state index is 11.3. The van der Waals surface area contributed by atoms with Crippen LogP contribution in [0, 0.1) is 0 Å². The van der Waals surface area contributed by atoms with E-state index in [4.69, 9.17) is 9.84 Å². The molecule has 0 aliphatic carbocycles. The normalized spacial score (nSPS) is 10.4. The fourth-order valence-electron chi connectivity index (χ4n) is 1.40. The number of nitrogens with one attached hydrogen (secondary N) is 2. The van der Waals surface area contributed by atoms with Crippen molar-refractivity contribution in [1.29, 1.82) is 0 Å². The first-order chi connectivity index (χ1) is 8.22. The van der Waals surface area contributed by atoms with Gasteiger partial charge in [0.15, 0.2) is 0 Å². The van der Waals surface area contributed by atoms with Crippen LogP contribution in [0.5, 0.6) is 5.75 Å². The van der Waals surface area contributed by atoms with E-state index >= 15 is 0 Å². The first-order valence-electron chi connectivity index (χ1n) is 4.96. The van der Waals surface area contributed by atoms with Gasteiger partial charge in [0.25, 0.3) is 0 Å². The van der Waals surface area contributed by atoms with Crippen molar-refractivity contribution in [2.45, 2.75) is 0 Å². The van der Waals surface area contributed by atoms with Gasteiger partial charge in [-0.05, 0) is 24.3 Å². The number of rotatable bonds is 4. The highest BCUT2D eigenvalue weighted by atomic mass is 16.5. The molecule has 1 aromatic heterocycles. The smallest absolute Gasteiger partial charge is 0.348 e. The Morgan fingerprint density at radius 3 is 2.24 bits per heavy atom. The maximum atomic E-state index is 11.3. The SMILES string of the molecule is O=c1[nH][nH]c(=O)n1-c1ccc(OCCO)cc1. The fourth-order valence-corrected chi connectivity index (χ4v) is 1.40. The summed E-state index contributed by atoms with van der Waals surface area (Å²) in [4.78, 5) is 22.6. The molecule has 0 amide bonds. The molecule has 0 aliphatic heterocycles. The summed E-state index contributed by atoms with van der Waals surface area (Å²) in [6, 6.07) is 6.39. The summed E-state index contributed by atoms with van der Waals surface area (Å²) in [6.07, 6.45) is 0. The zero-order chi connectivity index (χ0) is 12.3. The summed E-state index contributed by atoms with van der Waals surface area (Å²) in [7, 11) is 0. The summed E-state index contributed by atoms with van der Waals surface area (Å²) in [5.74, 6) is 0.558. The van der Waals surface area contributed by atoms with Crippen LogP contribution in [0.25, 0.3) is 5.69 Å². The Kier molecular flexibility index (Phi) is 3.10. The molecule has 0 unspecified atom stereocenters. The second-order valence-corrected chi connectivity index (χ2v) is 3.26. The summed E-state index contributed by atoms with van der Waals surface area (Å²) < 4.78 is 6.12. The first-order valence-corrected chi connectivity index (χ1v) is 4.96. The summed E-state index contributed by atoms with van der Waals surface area (Å²) >= 11 is 0. The van der Waals surface area contributed by atoms with Gasteiger partial charge < -0.3 is 9.84 Å². The van der Waals surface area contributed by atoms with E-state index < -0.39 is 11.4 Å². The Morgan fingerprint density at radius 1 is 1.12 bits per heavy atom. The van der Waals surface area contributed by atoms with Crippen molar-refractivity contribution in [1.82, 2.24) is 14.8 Å². The van der Waals surface area contributed by atoms with Gasteiger partial charge in [-0.3, -0.25) is 0 Å². The van der Waals surface area contributed by atoms with E-state index in [1.807, 2.05) is 0 Å². The van der Waals surface area contributed by atoms with E-state index in [1.165, 1.54) is 0 Å². The molecule has 0 fully saturated rings. The number of hydrogen-bond acceptors (Lipinski definition) is 4. The number of aliphatic hydroxyl groups excluding tert-OH is 1. The third kappa shape index (κ3) is 2.28. The molecule has 90 valence electrons. The van der Waals surface area contributed by atoms with Crippen molar-refractivity contribution in [3.05, 3.63) is 45.2 Å². The van der Waals surface area contributed by atoms with Crippen LogP contribution in [0.4, 0.5) is 0 Å². The molecule has 17 heavy (non-hydrogen) atoms. The molecule has 2 rings (SSSR count). The highest BCUT2D eigenvalue weighted by Crippen LogP contribution is 2.12. The van der Waals surface area contributed by atoms with Crippen molar-refractivity contribution in [2.75, 3.05) is 13.2 Å². The second kappa shape index (κ2) is 4.71. The van der Waals surface area contributed by atoms with Gasteiger partial charge in [-0.2, -0.15) is 0 Å². The van der Waals surface area contributed by atoms with Gasteiger partial charge in [-0.25, -0.2) is 24.4 Å². The van der Waals surface area contributed by atoms with E-state index in [9.17, 15) is 9.59 Å². The molecule has 0 aliphatic rings. The van der Waals surface area contributed by atoms with Gasteiger partial charge in [-0.1, -0.05) is 0 Å². The monoisotopic (exact) mass is 237 g/mol. The predicted molar refractivity (Wildman–Crippen MR) is 59.6 cm³/mol. The number of H-pyrrole nitrogens is 2. The topological polar surface area (TPSA) is 100 Å². The van der Waals surface area contributed by atoms with Gasteiger partial charge >= 0.3 is 11.4 Å². The molecule has 0 spiro atoms. The van der Waals surface area contributed by atoms with Crippen LogP contribution < -0.4 is 16.1 Å². The molecule has 7 nitrogen and oxygen atoms in total. The van der Waals surface area contributed by atoms with Crippen LogP contribution in [0.1, 0.15) is 0 Å². The predicted octanol–water partition coefficient (Wildman–Crippen LogP) is -0.775. The van der Waals surface area contributed by atoms with E-state index in [0.29, 0.717) is 11.4 Å². The average molecular weight is 237 g/mol. The Morgan fingerprint density at radius 2 is 1.71 bits per heavy atom. The first kappa shape index (κ1) is 11.2. The third-order valence-electron chi connectivity index (χ3n) is 2.14. The van der Waals surface area contributed by atoms with Gasteiger partial charge in [0.1, 0.15) is 12.4 Å². The standard InChI is InChI=1S/C10H11N3O4/c14-5-6-17-8-3-1-7(2-4-8)13-9(15)11-12-10(13)16/h1-4,14H,5-6H2,(H,11,15)(H,12,16). The lowest BCUT2D eigenvalue weighted by atomic mass is 10.3. The molecule has 0 atom stereocenters. The van der Waals surface area contributed by atoms with Crippen molar-refractivity contribution < 1.29 is 9.84 Å². The molecule has 1 heterocycles. The molecule has 7 heteroatoms. The molecule has 2 aromatic rings. The van der Waals surface area contributed by atoms with Crippen molar-refractivity contribution >= 4 is 0 Å². The van der Waals surface area contributed by atoms with Crippen LogP contribution >= 0.6 is 0 Å². The Hall–Kier alpha value is -2.28. The van der Waals surface area contributed by atoms with Gasteiger partial charge in [0.05, 0.1) is 12.3 Å². The lowest BCUT2D eigenvalue weighted by molar-refractivity contribution is 0.201. The summed E-state index contributed by atoms with van der Waals surface area (Å²) in [6.45, 7) is 0.128. The van der Waals surface area contributed by atoms with Crippen molar-refractivity contribution in [3.8, 4) is 11.4 Å². The van der Waals surface area contributed by atoms with Crippen molar-refractivity contribution in [3.63, 3.8) is 0 Å². The minimum Gasteiger partial charge on any atom is -0.491 e. The summed E-state index contributed by atoms with van der Waals surface area (Å²) in [5, 5.41) is 13.0. The lowest BCUT2D eigenvalue weighted by Crippen LogP contribution is -2.24. The molecular formula is C10H11N3O4. The Bertz CT molecular complexity index is 566. The molecule has 0 radical (unpaired) electrons.